The SMILES string of the molecule is Cc1ccc2cccc(Oc3c(C)cccc3C#N)c2n1. The Bertz CT molecular complexity index is 863. The lowest BCUT2D eigenvalue weighted by Crippen LogP contribution is -1.94. The summed E-state index contributed by atoms with van der Waals surface area (Å²) in [5, 5.41) is 10.3. The molecule has 102 valence electrons. The van der Waals surface area contributed by atoms with Crippen LogP contribution in [-0.2, 0) is 0 Å². The van der Waals surface area contributed by atoms with Gasteiger partial charge in [0, 0.05) is 11.1 Å². The van der Waals surface area contributed by atoms with Gasteiger partial charge < -0.3 is 4.74 Å². The molecule has 0 aliphatic rings. The van der Waals surface area contributed by atoms with E-state index in [1.165, 1.54) is 0 Å². The summed E-state index contributed by atoms with van der Waals surface area (Å²) in [6, 6.07) is 17.5. The van der Waals surface area contributed by atoms with Gasteiger partial charge in [-0.1, -0.05) is 30.3 Å². The Morgan fingerprint density at radius 1 is 1.00 bits per heavy atom. The van der Waals surface area contributed by atoms with Crippen LogP contribution in [-0.4, -0.2) is 4.98 Å². The van der Waals surface area contributed by atoms with Crippen LogP contribution in [0.5, 0.6) is 11.5 Å². The van der Waals surface area contributed by atoms with E-state index in [2.05, 4.69) is 11.1 Å². The third kappa shape index (κ3) is 2.44. The van der Waals surface area contributed by atoms with Gasteiger partial charge in [0.05, 0.1) is 5.56 Å². The molecule has 2 aromatic carbocycles. The van der Waals surface area contributed by atoms with Crippen molar-refractivity contribution >= 4 is 10.9 Å². The smallest absolute Gasteiger partial charge is 0.153 e. The average Bonchev–Trinajstić information content (AvgIpc) is 2.49. The van der Waals surface area contributed by atoms with Crippen molar-refractivity contribution in [2.45, 2.75) is 13.8 Å². The number of hydrogen-bond donors (Lipinski definition) is 0. The fourth-order valence-corrected chi connectivity index (χ4v) is 2.29. The molecule has 0 bridgehead atoms. The Balaban J connectivity index is 2.15. The highest BCUT2D eigenvalue weighted by Gasteiger charge is 2.10. The molecule has 3 heteroatoms. The number of para-hydroxylation sites is 2. The van der Waals surface area contributed by atoms with Crippen LogP contribution in [0, 0.1) is 25.2 Å². The van der Waals surface area contributed by atoms with Gasteiger partial charge in [-0.15, -0.1) is 0 Å². The lowest BCUT2D eigenvalue weighted by atomic mass is 10.1. The molecule has 21 heavy (non-hydrogen) atoms. The van der Waals surface area contributed by atoms with Crippen molar-refractivity contribution in [1.29, 1.82) is 5.26 Å². The Hall–Kier alpha value is -2.86. The number of ether oxygens (including phenoxy) is 1. The van der Waals surface area contributed by atoms with Crippen LogP contribution in [0.1, 0.15) is 16.8 Å². The van der Waals surface area contributed by atoms with Crippen LogP contribution in [0.25, 0.3) is 10.9 Å². The molecule has 0 unspecified atom stereocenters. The standard InChI is InChI=1S/C18H14N2O/c1-12-5-3-7-15(11-19)18(12)21-16-8-4-6-14-10-9-13(2)20-17(14)16/h3-10H,1-2H3. The van der Waals surface area contributed by atoms with Crippen LogP contribution in [0.3, 0.4) is 0 Å². The molecule has 3 nitrogen and oxygen atoms in total. The first-order valence-corrected chi connectivity index (χ1v) is 6.73. The second-order valence-electron chi connectivity index (χ2n) is 4.95. The molecule has 0 spiro atoms. The van der Waals surface area contributed by atoms with Crippen molar-refractivity contribution in [2.75, 3.05) is 0 Å². The van der Waals surface area contributed by atoms with Gasteiger partial charge in [-0.05, 0) is 37.6 Å². The predicted molar refractivity (Wildman–Crippen MR) is 82.4 cm³/mol. The van der Waals surface area contributed by atoms with E-state index in [0.717, 1.165) is 22.2 Å². The average molecular weight is 274 g/mol. The van der Waals surface area contributed by atoms with Gasteiger partial charge in [-0.25, -0.2) is 4.98 Å². The van der Waals surface area contributed by atoms with Crippen LogP contribution in [0.4, 0.5) is 0 Å². The highest BCUT2D eigenvalue weighted by Crippen LogP contribution is 2.32. The molecule has 0 amide bonds. The second-order valence-corrected chi connectivity index (χ2v) is 4.95. The van der Waals surface area contributed by atoms with E-state index in [9.17, 15) is 5.26 Å². The summed E-state index contributed by atoms with van der Waals surface area (Å²) in [5.41, 5.74) is 3.20. The summed E-state index contributed by atoms with van der Waals surface area (Å²) >= 11 is 0. The molecular formula is C18H14N2O. The number of hydrogen-bond acceptors (Lipinski definition) is 3. The zero-order valence-corrected chi connectivity index (χ0v) is 11.9. The molecule has 0 radical (unpaired) electrons. The first-order chi connectivity index (χ1) is 10.2. The van der Waals surface area contributed by atoms with E-state index >= 15 is 0 Å². The molecule has 3 rings (SSSR count). The first kappa shape index (κ1) is 13.1. The van der Waals surface area contributed by atoms with E-state index in [1.807, 2.05) is 56.3 Å². The van der Waals surface area contributed by atoms with Gasteiger partial charge in [0.25, 0.3) is 0 Å². The summed E-state index contributed by atoms with van der Waals surface area (Å²) in [6.07, 6.45) is 0. The summed E-state index contributed by atoms with van der Waals surface area (Å²) in [4.78, 5) is 4.55. The quantitative estimate of drug-likeness (QED) is 0.690. The first-order valence-electron chi connectivity index (χ1n) is 6.73. The Morgan fingerprint density at radius 3 is 2.62 bits per heavy atom. The van der Waals surface area contributed by atoms with Gasteiger partial charge in [-0.2, -0.15) is 5.26 Å². The van der Waals surface area contributed by atoms with E-state index in [-0.39, 0.29) is 0 Å². The Labute approximate surface area is 123 Å². The third-order valence-corrected chi connectivity index (χ3v) is 3.37. The van der Waals surface area contributed by atoms with Crippen molar-refractivity contribution in [3.8, 4) is 17.6 Å². The predicted octanol–water partition coefficient (Wildman–Crippen LogP) is 4.52. The molecule has 0 fully saturated rings. The van der Waals surface area contributed by atoms with Crippen molar-refractivity contribution < 1.29 is 4.74 Å². The fraction of sp³-hybridized carbons (Fsp3) is 0.111. The van der Waals surface area contributed by atoms with Crippen molar-refractivity contribution in [2.24, 2.45) is 0 Å². The molecule has 1 heterocycles. The Kier molecular flexibility index (Phi) is 3.29. The zero-order chi connectivity index (χ0) is 14.8. The number of pyridine rings is 1. The molecule has 0 saturated carbocycles. The number of nitriles is 1. The second kappa shape index (κ2) is 5.26. The molecule has 0 aliphatic heterocycles. The summed E-state index contributed by atoms with van der Waals surface area (Å²) in [5.74, 6) is 1.26. The van der Waals surface area contributed by atoms with E-state index in [4.69, 9.17) is 4.74 Å². The fourth-order valence-electron chi connectivity index (χ4n) is 2.29. The lowest BCUT2D eigenvalue weighted by Gasteiger charge is -2.12. The number of nitrogens with zero attached hydrogens (tertiary/aromatic N) is 2. The monoisotopic (exact) mass is 274 g/mol. The maximum Gasteiger partial charge on any atom is 0.153 e. The normalized spacial score (nSPS) is 10.3. The lowest BCUT2D eigenvalue weighted by molar-refractivity contribution is 0.481. The molecule has 0 saturated heterocycles. The van der Waals surface area contributed by atoms with Crippen molar-refractivity contribution in [3.05, 3.63) is 65.4 Å². The van der Waals surface area contributed by atoms with Crippen LogP contribution in [0.2, 0.25) is 0 Å². The van der Waals surface area contributed by atoms with Gasteiger partial charge in [-0.3, -0.25) is 0 Å². The largest absolute Gasteiger partial charge is 0.453 e. The molecular weight excluding hydrogens is 260 g/mol. The van der Waals surface area contributed by atoms with Crippen molar-refractivity contribution in [1.82, 2.24) is 4.98 Å². The molecule has 3 aromatic rings. The zero-order valence-electron chi connectivity index (χ0n) is 11.9. The minimum Gasteiger partial charge on any atom is -0.453 e. The van der Waals surface area contributed by atoms with Crippen LogP contribution >= 0.6 is 0 Å². The summed E-state index contributed by atoms with van der Waals surface area (Å²) in [7, 11) is 0. The highest BCUT2D eigenvalue weighted by molar-refractivity contribution is 5.85. The number of aromatic nitrogens is 1. The number of rotatable bonds is 2. The van der Waals surface area contributed by atoms with Gasteiger partial charge >= 0.3 is 0 Å². The highest BCUT2D eigenvalue weighted by atomic mass is 16.5. The van der Waals surface area contributed by atoms with Gasteiger partial charge in [0.2, 0.25) is 0 Å². The third-order valence-electron chi connectivity index (χ3n) is 3.37. The van der Waals surface area contributed by atoms with Gasteiger partial charge in [0.1, 0.15) is 17.3 Å². The van der Waals surface area contributed by atoms with Crippen LogP contribution in [0.15, 0.2) is 48.5 Å². The molecule has 0 atom stereocenters. The van der Waals surface area contributed by atoms with Crippen molar-refractivity contribution in [3.63, 3.8) is 0 Å². The van der Waals surface area contributed by atoms with E-state index < -0.39 is 0 Å². The minimum absolute atomic E-state index is 0.527. The van der Waals surface area contributed by atoms with E-state index in [1.54, 1.807) is 6.07 Å². The van der Waals surface area contributed by atoms with E-state index in [0.29, 0.717) is 17.1 Å². The maximum atomic E-state index is 9.23. The summed E-state index contributed by atoms with van der Waals surface area (Å²) < 4.78 is 6.01. The summed E-state index contributed by atoms with van der Waals surface area (Å²) in [6.45, 7) is 3.88. The van der Waals surface area contributed by atoms with Crippen LogP contribution < -0.4 is 4.74 Å². The maximum absolute atomic E-state index is 9.23. The minimum atomic E-state index is 0.527. The van der Waals surface area contributed by atoms with Gasteiger partial charge in [0.15, 0.2) is 5.75 Å². The molecule has 0 N–H and O–H groups in total. The molecule has 0 aliphatic carbocycles. The topological polar surface area (TPSA) is 45.9 Å². The Morgan fingerprint density at radius 2 is 1.81 bits per heavy atom. The number of fused-ring (bicyclic) bond motifs is 1. The number of benzene rings is 2. The molecule has 1 aromatic heterocycles. The number of aryl methyl sites for hydroxylation is 2.